The van der Waals surface area contributed by atoms with Gasteiger partial charge in [-0.3, -0.25) is 0 Å². The van der Waals surface area contributed by atoms with E-state index < -0.39 is 0 Å². The molecule has 0 bridgehead atoms. The van der Waals surface area contributed by atoms with Crippen LogP contribution in [-0.2, 0) is 0 Å². The van der Waals surface area contributed by atoms with Gasteiger partial charge in [0.15, 0.2) is 0 Å². The fourth-order valence-corrected chi connectivity index (χ4v) is 1.07. The lowest BCUT2D eigenvalue weighted by molar-refractivity contribution is 1.44. The molecule has 0 radical (unpaired) electrons. The average molecular weight is 168 g/mol. The summed E-state index contributed by atoms with van der Waals surface area (Å²) in [5.74, 6) is 0. The maximum Gasteiger partial charge on any atom is 0.0992 e. The Hall–Kier alpha value is -2.06. The lowest BCUT2D eigenvalue weighted by Gasteiger charge is -1.95. The van der Waals surface area contributed by atoms with Crippen LogP contribution < -0.4 is 0 Å². The molecule has 0 heterocycles. The fourth-order valence-electron chi connectivity index (χ4n) is 1.07. The first kappa shape index (κ1) is 9.03. The molecule has 1 rings (SSSR count). The van der Waals surface area contributed by atoms with Crippen molar-refractivity contribution in [3.63, 3.8) is 0 Å². The van der Waals surface area contributed by atoms with Gasteiger partial charge in [-0.2, -0.15) is 10.5 Å². The summed E-state index contributed by atoms with van der Waals surface area (Å²) in [6.07, 6.45) is 3.74. The molecule has 0 spiro atoms. The highest BCUT2D eigenvalue weighted by molar-refractivity contribution is 5.55. The number of hydrogen-bond donors (Lipinski definition) is 0. The SMILES string of the molecule is C/C=C/c1cc(C#N)cc(C#N)c1. The minimum absolute atomic E-state index is 0.521. The molecule has 13 heavy (non-hydrogen) atoms. The van der Waals surface area contributed by atoms with E-state index in [0.29, 0.717) is 11.1 Å². The van der Waals surface area contributed by atoms with Gasteiger partial charge < -0.3 is 0 Å². The number of allylic oxidation sites excluding steroid dienone is 1. The van der Waals surface area contributed by atoms with Crippen LogP contribution in [0.2, 0.25) is 0 Å². The molecule has 0 atom stereocenters. The summed E-state index contributed by atoms with van der Waals surface area (Å²) < 4.78 is 0. The second kappa shape index (κ2) is 4.09. The van der Waals surface area contributed by atoms with Crippen LogP contribution in [0.3, 0.4) is 0 Å². The zero-order chi connectivity index (χ0) is 9.68. The van der Waals surface area contributed by atoms with E-state index in [9.17, 15) is 0 Å². The topological polar surface area (TPSA) is 47.6 Å². The van der Waals surface area contributed by atoms with Crippen molar-refractivity contribution in [3.05, 3.63) is 41.0 Å². The van der Waals surface area contributed by atoms with Gasteiger partial charge in [-0.1, -0.05) is 12.2 Å². The summed E-state index contributed by atoms with van der Waals surface area (Å²) in [6, 6.07) is 9.11. The predicted octanol–water partition coefficient (Wildman–Crippen LogP) is 2.46. The summed E-state index contributed by atoms with van der Waals surface area (Å²) in [4.78, 5) is 0. The molecule has 0 fully saturated rings. The molecule has 1 aromatic rings. The Morgan fingerprint density at radius 1 is 1.08 bits per heavy atom. The van der Waals surface area contributed by atoms with Crippen molar-refractivity contribution in [2.45, 2.75) is 6.92 Å². The molecule has 2 heteroatoms. The monoisotopic (exact) mass is 168 g/mol. The molecule has 0 saturated carbocycles. The van der Waals surface area contributed by atoms with Crippen LogP contribution in [0, 0.1) is 22.7 Å². The van der Waals surface area contributed by atoms with E-state index in [4.69, 9.17) is 10.5 Å². The van der Waals surface area contributed by atoms with Crippen LogP contribution in [0.15, 0.2) is 24.3 Å². The van der Waals surface area contributed by atoms with Crippen LogP contribution in [0.25, 0.3) is 6.08 Å². The Balaban J connectivity index is 3.26. The van der Waals surface area contributed by atoms with E-state index in [1.165, 1.54) is 0 Å². The van der Waals surface area contributed by atoms with Crippen LogP contribution in [0.4, 0.5) is 0 Å². The fraction of sp³-hybridized carbons (Fsp3) is 0.0909. The van der Waals surface area contributed by atoms with Crippen molar-refractivity contribution in [2.75, 3.05) is 0 Å². The van der Waals surface area contributed by atoms with Crippen LogP contribution >= 0.6 is 0 Å². The van der Waals surface area contributed by atoms with Gasteiger partial charge in [-0.15, -0.1) is 0 Å². The second-order valence-corrected chi connectivity index (χ2v) is 2.57. The minimum atomic E-state index is 0.521. The number of hydrogen-bond acceptors (Lipinski definition) is 2. The molecule has 0 aliphatic heterocycles. The number of benzene rings is 1. The zero-order valence-corrected chi connectivity index (χ0v) is 7.28. The van der Waals surface area contributed by atoms with Gasteiger partial charge >= 0.3 is 0 Å². The maximum atomic E-state index is 8.67. The summed E-state index contributed by atoms with van der Waals surface area (Å²) in [5.41, 5.74) is 1.93. The average Bonchev–Trinajstić information content (AvgIpc) is 2.17. The van der Waals surface area contributed by atoms with E-state index in [1.807, 2.05) is 31.2 Å². The van der Waals surface area contributed by atoms with Gasteiger partial charge in [0.05, 0.1) is 23.3 Å². The standard InChI is InChI=1S/C11H8N2/c1-2-3-9-4-10(7-12)6-11(5-9)8-13/h2-6H,1H3/b3-2+. The van der Waals surface area contributed by atoms with Gasteiger partial charge in [0.1, 0.15) is 0 Å². The lowest BCUT2D eigenvalue weighted by atomic mass is 10.1. The largest absolute Gasteiger partial charge is 0.192 e. The van der Waals surface area contributed by atoms with Gasteiger partial charge in [-0.05, 0) is 30.7 Å². The molecule has 0 N–H and O–H groups in total. The van der Waals surface area contributed by atoms with E-state index in [0.717, 1.165) is 5.56 Å². The summed E-state index contributed by atoms with van der Waals surface area (Å²) in [5, 5.41) is 17.3. The molecule has 1 aromatic carbocycles. The van der Waals surface area contributed by atoms with Crippen molar-refractivity contribution in [1.29, 1.82) is 10.5 Å². The Bertz CT molecular complexity index is 384. The van der Waals surface area contributed by atoms with Crippen LogP contribution in [0.5, 0.6) is 0 Å². The second-order valence-electron chi connectivity index (χ2n) is 2.57. The third kappa shape index (κ3) is 2.18. The normalized spacial score (nSPS) is 9.46. The quantitative estimate of drug-likeness (QED) is 0.646. The summed E-state index contributed by atoms with van der Waals surface area (Å²) >= 11 is 0. The highest BCUT2D eigenvalue weighted by Crippen LogP contribution is 2.10. The Morgan fingerprint density at radius 3 is 2.00 bits per heavy atom. The van der Waals surface area contributed by atoms with Crippen molar-refractivity contribution < 1.29 is 0 Å². The van der Waals surface area contributed by atoms with Crippen molar-refractivity contribution in [1.82, 2.24) is 0 Å². The van der Waals surface area contributed by atoms with Crippen LogP contribution in [-0.4, -0.2) is 0 Å². The van der Waals surface area contributed by atoms with Crippen LogP contribution in [0.1, 0.15) is 23.6 Å². The first-order chi connectivity index (χ1) is 6.30. The number of rotatable bonds is 1. The molecule has 0 unspecified atom stereocenters. The lowest BCUT2D eigenvalue weighted by Crippen LogP contribution is -1.81. The molecule has 0 aliphatic carbocycles. The maximum absolute atomic E-state index is 8.67. The molecule has 0 aliphatic rings. The van der Waals surface area contributed by atoms with Gasteiger partial charge in [0.2, 0.25) is 0 Å². The zero-order valence-electron chi connectivity index (χ0n) is 7.28. The highest BCUT2D eigenvalue weighted by Gasteiger charge is 1.96. The summed E-state index contributed by atoms with van der Waals surface area (Å²) in [7, 11) is 0. The Kier molecular flexibility index (Phi) is 2.84. The van der Waals surface area contributed by atoms with Crippen molar-refractivity contribution in [2.24, 2.45) is 0 Å². The van der Waals surface area contributed by atoms with E-state index in [1.54, 1.807) is 18.2 Å². The van der Waals surface area contributed by atoms with E-state index >= 15 is 0 Å². The third-order valence-electron chi connectivity index (χ3n) is 1.57. The molecular formula is C11H8N2. The van der Waals surface area contributed by atoms with E-state index in [2.05, 4.69) is 0 Å². The van der Waals surface area contributed by atoms with Crippen molar-refractivity contribution >= 4 is 6.08 Å². The first-order valence-corrected chi connectivity index (χ1v) is 3.88. The molecule has 0 aromatic heterocycles. The Morgan fingerprint density at radius 2 is 1.62 bits per heavy atom. The van der Waals surface area contributed by atoms with Gasteiger partial charge in [0, 0.05) is 0 Å². The third-order valence-corrected chi connectivity index (χ3v) is 1.57. The molecule has 2 nitrogen and oxygen atoms in total. The number of nitrogens with zero attached hydrogens (tertiary/aromatic N) is 2. The van der Waals surface area contributed by atoms with Crippen molar-refractivity contribution in [3.8, 4) is 12.1 Å². The van der Waals surface area contributed by atoms with Gasteiger partial charge in [-0.25, -0.2) is 0 Å². The Labute approximate surface area is 77.4 Å². The predicted molar refractivity (Wildman–Crippen MR) is 50.6 cm³/mol. The highest BCUT2D eigenvalue weighted by atomic mass is 14.3. The van der Waals surface area contributed by atoms with E-state index in [-0.39, 0.29) is 0 Å². The minimum Gasteiger partial charge on any atom is -0.192 e. The number of nitriles is 2. The molecule has 0 saturated heterocycles. The first-order valence-electron chi connectivity index (χ1n) is 3.88. The molecule has 0 amide bonds. The summed E-state index contributed by atoms with van der Waals surface area (Å²) in [6.45, 7) is 1.89. The molecular weight excluding hydrogens is 160 g/mol. The smallest absolute Gasteiger partial charge is 0.0992 e. The van der Waals surface area contributed by atoms with Gasteiger partial charge in [0.25, 0.3) is 0 Å². The molecule has 62 valence electrons.